The molecule has 0 aliphatic carbocycles. The van der Waals surface area contributed by atoms with Gasteiger partial charge in [-0.3, -0.25) is 9.59 Å². The summed E-state index contributed by atoms with van der Waals surface area (Å²) in [6.45, 7) is 1.27. The van der Waals surface area contributed by atoms with Crippen molar-refractivity contribution in [2.24, 2.45) is 0 Å². The number of Topliss-reactive ketones (excluding diaryl/α,β-unsaturated/α-hetero) is 1. The molecule has 1 atom stereocenters. The van der Waals surface area contributed by atoms with E-state index in [9.17, 15) is 36.0 Å². The Morgan fingerprint density at radius 2 is 1.26 bits per heavy atom. The Labute approximate surface area is 271 Å². The number of carbonyl (C=O) groups excluding carboxylic acids is 3. The third kappa shape index (κ3) is 13.4. The normalized spacial score (nSPS) is 11.8. The van der Waals surface area contributed by atoms with Gasteiger partial charge in [0.25, 0.3) is 0 Å². The summed E-state index contributed by atoms with van der Waals surface area (Å²) in [5, 5.41) is 6.64. The Kier molecular flexibility index (Phi) is 17.1. The third-order valence-corrected chi connectivity index (χ3v) is 10.1. The molecule has 3 aromatic carbocycles. The van der Waals surface area contributed by atoms with Crippen LogP contribution < -0.4 is 21.2 Å². The first-order valence-electron chi connectivity index (χ1n) is 12.7. The Morgan fingerprint density at radius 3 is 1.60 bits per heavy atom. The van der Waals surface area contributed by atoms with Gasteiger partial charge in [-0.15, -0.1) is 0 Å². The maximum Gasteiger partial charge on any atom is 1.00 e. The molecule has 0 aliphatic rings. The second-order valence-electron chi connectivity index (χ2n) is 8.89. The van der Waals surface area contributed by atoms with Crippen LogP contribution in [0.5, 0.6) is 0 Å². The molecule has 0 radical (unpaired) electrons. The smallest absolute Gasteiger partial charge is 0.538 e. The first kappa shape index (κ1) is 38.6. The second kappa shape index (κ2) is 19.0. The number of hydrogen-bond acceptors (Lipinski definition) is 6. The van der Waals surface area contributed by atoms with Crippen molar-refractivity contribution in [3.05, 3.63) is 95.7 Å². The summed E-state index contributed by atoms with van der Waals surface area (Å²) in [7, 11) is -6.78. The molecule has 0 unspecified atom stereocenters. The Morgan fingerprint density at radius 1 is 0.837 bits per heavy atom. The number of hydrogen-bond donors (Lipinski definition) is 1. The first-order valence-corrected chi connectivity index (χ1v) is 17.1. The summed E-state index contributed by atoms with van der Waals surface area (Å²) >= 11 is 1.46. The topological polar surface area (TPSA) is 111 Å². The molecule has 0 spiro atoms. The molecule has 0 bridgehead atoms. The van der Waals surface area contributed by atoms with E-state index in [1.165, 1.54) is 34.6 Å². The molecular formula is C29H32AuF3N2O5PS2+. The van der Waals surface area contributed by atoms with Crippen LogP contribution in [0.15, 0.2) is 91.0 Å². The molecular weight excluding hydrogens is 805 g/mol. The van der Waals surface area contributed by atoms with Crippen LogP contribution in [0, 0.1) is 0 Å². The minimum absolute atomic E-state index is 0. The van der Waals surface area contributed by atoms with Gasteiger partial charge in [-0.2, -0.15) is 24.9 Å². The van der Waals surface area contributed by atoms with Gasteiger partial charge in [-0.05, 0) is 68.2 Å². The van der Waals surface area contributed by atoms with Gasteiger partial charge < -0.3 is 14.8 Å². The maximum absolute atomic E-state index is 12.0. The monoisotopic (exact) mass is 837 g/mol. The van der Waals surface area contributed by atoms with Crippen molar-refractivity contribution in [2.75, 3.05) is 12.0 Å². The van der Waals surface area contributed by atoms with E-state index in [1.54, 1.807) is 6.26 Å². The fourth-order valence-electron chi connectivity index (χ4n) is 3.65. The second-order valence-corrected chi connectivity index (χ2v) is 14.0. The van der Waals surface area contributed by atoms with Crippen LogP contribution in [0.1, 0.15) is 26.2 Å². The average Bonchev–Trinajstić information content (AvgIpc) is 2.95. The number of nitrogens with zero attached hydrogens (tertiary/aromatic N) is 1. The molecule has 2 amide bonds. The van der Waals surface area contributed by atoms with E-state index in [1.807, 2.05) is 0 Å². The molecule has 7 nitrogen and oxygen atoms in total. The van der Waals surface area contributed by atoms with Crippen molar-refractivity contribution < 1.29 is 58.4 Å². The van der Waals surface area contributed by atoms with E-state index in [0.29, 0.717) is 12.2 Å². The van der Waals surface area contributed by atoms with E-state index >= 15 is 0 Å². The van der Waals surface area contributed by atoms with E-state index < -0.39 is 54.2 Å². The largest absolute Gasteiger partial charge is 1.00 e. The Bertz CT molecular complexity index is 1310. The average molecular weight is 838 g/mol. The van der Waals surface area contributed by atoms with Crippen molar-refractivity contribution in [3.8, 4) is 0 Å². The number of halogens is 3. The van der Waals surface area contributed by atoms with Gasteiger partial charge in [0.2, 0.25) is 5.91 Å². The van der Waals surface area contributed by atoms with Gasteiger partial charge in [-0.1, -0.05) is 54.6 Å². The fourth-order valence-corrected chi connectivity index (χ4v) is 7.16. The number of sulfonamides is 1. The van der Waals surface area contributed by atoms with Crippen molar-refractivity contribution in [1.29, 1.82) is 0 Å². The molecule has 3 aromatic rings. The number of nitrogens with one attached hydrogen (secondary N) is 1. The zero-order chi connectivity index (χ0) is 31.2. The molecule has 3 rings (SSSR count). The molecule has 236 valence electrons. The predicted molar refractivity (Wildman–Crippen MR) is 165 cm³/mol. The summed E-state index contributed by atoms with van der Waals surface area (Å²) < 4.78 is 59.4. The molecule has 0 aromatic heterocycles. The van der Waals surface area contributed by atoms with Crippen LogP contribution in [0.25, 0.3) is 4.72 Å². The first-order chi connectivity index (χ1) is 19.9. The number of ketones is 1. The van der Waals surface area contributed by atoms with Crippen LogP contribution >= 0.6 is 19.7 Å². The van der Waals surface area contributed by atoms with E-state index in [-0.39, 0.29) is 28.2 Å². The zero-order valence-electron chi connectivity index (χ0n) is 23.3. The third-order valence-electron chi connectivity index (χ3n) is 5.70. The van der Waals surface area contributed by atoms with Gasteiger partial charge >= 0.3 is 27.9 Å². The molecule has 0 saturated heterocycles. The number of rotatable bonds is 12. The summed E-state index contributed by atoms with van der Waals surface area (Å²) in [5.74, 6) is -2.04. The summed E-state index contributed by atoms with van der Waals surface area (Å²) in [5.41, 5.74) is -5.66. The minimum Gasteiger partial charge on any atom is -0.538 e. The van der Waals surface area contributed by atoms with E-state index in [0.717, 1.165) is 0 Å². The summed E-state index contributed by atoms with van der Waals surface area (Å²) in [6, 6.07) is 31.7. The van der Waals surface area contributed by atoms with E-state index in [2.05, 4.69) is 101 Å². The quantitative estimate of drug-likeness (QED) is 0.213. The summed E-state index contributed by atoms with van der Waals surface area (Å²) in [6.07, 6.45) is 0.788. The van der Waals surface area contributed by atoms with Crippen LogP contribution in [0.3, 0.4) is 0 Å². The van der Waals surface area contributed by atoms with Gasteiger partial charge in [0.05, 0.1) is 19.9 Å². The van der Waals surface area contributed by atoms with Crippen molar-refractivity contribution in [2.45, 2.75) is 37.7 Å². The summed E-state index contributed by atoms with van der Waals surface area (Å²) in [4.78, 5) is 34.0. The van der Waals surface area contributed by atoms with Gasteiger partial charge in [0.1, 0.15) is 15.9 Å². The zero-order valence-corrected chi connectivity index (χ0v) is 28.1. The molecule has 0 aliphatic heterocycles. The Balaban J connectivity index is 0.000000425. The van der Waals surface area contributed by atoms with Crippen molar-refractivity contribution in [1.82, 2.24) is 5.32 Å². The van der Waals surface area contributed by atoms with Crippen LogP contribution in [-0.2, 0) is 46.8 Å². The van der Waals surface area contributed by atoms with Crippen molar-refractivity contribution in [3.63, 3.8) is 0 Å². The van der Waals surface area contributed by atoms with Crippen molar-refractivity contribution >= 4 is 63.2 Å². The van der Waals surface area contributed by atoms with Gasteiger partial charge in [0.15, 0.2) is 15.8 Å². The SMILES string of the molecule is CSCC[C@H](NC(=O)CCC(=O)[N-]S(=O)(=O)C(F)(F)F)C(C)=O.[Au+].c1ccc([PH+](c2ccccc2)c2ccccc2)cc1. The van der Waals surface area contributed by atoms with Crippen LogP contribution in [0.4, 0.5) is 13.2 Å². The number of alkyl halides is 3. The molecule has 0 fully saturated rings. The Hall–Kier alpha value is -2.47. The molecule has 0 heterocycles. The molecule has 43 heavy (non-hydrogen) atoms. The maximum atomic E-state index is 12.0. The molecule has 0 saturated carbocycles. The van der Waals surface area contributed by atoms with E-state index in [4.69, 9.17) is 0 Å². The standard InChI is InChI=1S/C18H15P.C11H17F3N2O5S2.Au/c1-4-10-16(11-5-1)19(17-12-6-2-7-13-17)18-14-8-3-9-15-18;1-7(17)8(5-6-22-2)15-9(18)3-4-10(19)16-23(20,21)11(12,13)14;/h1-15H;8H,3-6H2,1-2H3,(H2,15,16,18,19);/q;;+1/t;8-;/m.0./s1. The van der Waals surface area contributed by atoms with Crippen LogP contribution in [-0.4, -0.2) is 49.6 Å². The van der Waals surface area contributed by atoms with Gasteiger partial charge in [-0.25, -0.2) is 8.42 Å². The molecule has 14 heteroatoms. The number of carbonyl (C=O) groups is 3. The number of thioether (sulfide) groups is 1. The van der Waals surface area contributed by atoms with Gasteiger partial charge in [0, 0.05) is 6.42 Å². The minimum atomic E-state index is -5.91. The number of amides is 2. The molecule has 1 N–H and O–H groups in total. The van der Waals surface area contributed by atoms with Crippen LogP contribution in [0.2, 0.25) is 0 Å². The predicted octanol–water partition coefficient (Wildman–Crippen LogP) is 4.52. The number of benzene rings is 3. The fraction of sp³-hybridized carbons (Fsp3) is 0.276.